The Labute approximate surface area is 141 Å². The zero-order chi connectivity index (χ0) is 16.0. The normalized spacial score (nSPS) is 25.4. The molecule has 2 bridgehead atoms. The minimum Gasteiger partial charge on any atom is -0.464 e. The second-order valence-corrected chi connectivity index (χ2v) is 7.18. The van der Waals surface area contributed by atoms with Crippen molar-refractivity contribution in [2.24, 2.45) is 5.92 Å². The Balaban J connectivity index is 1.70. The van der Waals surface area contributed by atoms with Gasteiger partial charge >= 0.3 is 5.97 Å². The SMILES string of the molecule is C[C@H](Cl)C(=O)OC[C@@H]1CC2c3ccccc3C1c1ccccc12. The molecule has 3 aliphatic rings. The molecule has 0 radical (unpaired) electrons. The standard InChI is InChI=1S/C20H19ClO2/c1-12(21)20(22)23-11-13-10-18-14-6-2-4-8-16(14)19(13)17-9-5-3-7-15(17)18/h2-9,12-13,18-19H,10-11H2,1H3/t12-,13-,18?,19?/m0/s1. The third-order valence-corrected chi connectivity index (χ3v) is 5.37. The Morgan fingerprint density at radius 2 is 1.61 bits per heavy atom. The summed E-state index contributed by atoms with van der Waals surface area (Å²) in [6.45, 7) is 2.10. The molecule has 0 unspecified atom stereocenters. The number of esters is 1. The van der Waals surface area contributed by atoms with E-state index in [-0.39, 0.29) is 5.97 Å². The van der Waals surface area contributed by atoms with Gasteiger partial charge in [-0.25, -0.2) is 0 Å². The fourth-order valence-electron chi connectivity index (χ4n) is 4.23. The first-order valence-corrected chi connectivity index (χ1v) is 8.59. The summed E-state index contributed by atoms with van der Waals surface area (Å²) < 4.78 is 5.45. The summed E-state index contributed by atoms with van der Waals surface area (Å²) in [6.07, 6.45) is 1.03. The number of fused-ring (bicyclic) bond motifs is 1. The molecule has 0 fully saturated rings. The van der Waals surface area contributed by atoms with Gasteiger partial charge in [0.15, 0.2) is 0 Å². The molecule has 0 heterocycles. The van der Waals surface area contributed by atoms with Crippen molar-refractivity contribution in [1.82, 2.24) is 0 Å². The zero-order valence-electron chi connectivity index (χ0n) is 13.0. The van der Waals surface area contributed by atoms with Crippen LogP contribution >= 0.6 is 11.6 Å². The first-order valence-electron chi connectivity index (χ1n) is 8.15. The number of hydrogen-bond donors (Lipinski definition) is 0. The number of carbonyl (C=O) groups is 1. The van der Waals surface area contributed by atoms with Gasteiger partial charge in [-0.1, -0.05) is 48.5 Å². The maximum Gasteiger partial charge on any atom is 0.323 e. The first-order chi connectivity index (χ1) is 11.2. The molecular formula is C20H19ClO2. The van der Waals surface area contributed by atoms with Crippen LogP contribution in [0.5, 0.6) is 0 Å². The van der Waals surface area contributed by atoms with Gasteiger partial charge < -0.3 is 4.74 Å². The molecular weight excluding hydrogens is 308 g/mol. The van der Waals surface area contributed by atoms with Crippen LogP contribution in [0.25, 0.3) is 0 Å². The van der Waals surface area contributed by atoms with Crippen molar-refractivity contribution >= 4 is 17.6 Å². The molecule has 2 aromatic rings. The van der Waals surface area contributed by atoms with E-state index in [9.17, 15) is 4.79 Å². The number of ether oxygens (including phenoxy) is 1. The molecule has 0 aliphatic heterocycles. The Bertz CT molecular complexity index is 705. The van der Waals surface area contributed by atoms with Crippen molar-refractivity contribution in [2.45, 2.75) is 30.6 Å². The van der Waals surface area contributed by atoms with Crippen LogP contribution in [0.4, 0.5) is 0 Å². The van der Waals surface area contributed by atoms with E-state index in [1.807, 2.05) is 0 Å². The second kappa shape index (κ2) is 5.68. The lowest BCUT2D eigenvalue weighted by Crippen LogP contribution is -2.35. The van der Waals surface area contributed by atoms with Crippen LogP contribution < -0.4 is 0 Å². The molecule has 0 spiro atoms. The number of carbonyl (C=O) groups excluding carboxylic acids is 1. The van der Waals surface area contributed by atoms with Crippen LogP contribution in [0.1, 0.15) is 47.4 Å². The molecule has 0 aromatic heterocycles. The van der Waals surface area contributed by atoms with Gasteiger partial charge in [0, 0.05) is 17.8 Å². The summed E-state index contributed by atoms with van der Waals surface area (Å²) in [5, 5.41) is -0.588. The van der Waals surface area contributed by atoms with Crippen LogP contribution in [0.2, 0.25) is 0 Å². The van der Waals surface area contributed by atoms with Gasteiger partial charge in [0.1, 0.15) is 5.38 Å². The van der Waals surface area contributed by atoms with Gasteiger partial charge in [-0.3, -0.25) is 4.79 Å². The monoisotopic (exact) mass is 326 g/mol. The quantitative estimate of drug-likeness (QED) is 0.615. The van der Waals surface area contributed by atoms with Crippen molar-refractivity contribution in [3.05, 3.63) is 70.8 Å². The minimum absolute atomic E-state index is 0.311. The molecule has 2 atom stereocenters. The van der Waals surface area contributed by atoms with Gasteiger partial charge in [-0.05, 0) is 35.6 Å². The van der Waals surface area contributed by atoms with Crippen molar-refractivity contribution in [3.63, 3.8) is 0 Å². The number of alkyl halides is 1. The average molecular weight is 327 g/mol. The average Bonchev–Trinajstić information content (AvgIpc) is 2.59. The maximum atomic E-state index is 11.7. The fraction of sp³-hybridized carbons (Fsp3) is 0.350. The Hall–Kier alpha value is -1.80. The molecule has 3 heteroatoms. The van der Waals surface area contributed by atoms with Gasteiger partial charge in [-0.15, -0.1) is 11.6 Å². The predicted molar refractivity (Wildman–Crippen MR) is 91.0 cm³/mol. The van der Waals surface area contributed by atoms with Crippen molar-refractivity contribution in [3.8, 4) is 0 Å². The summed E-state index contributed by atoms with van der Waals surface area (Å²) in [4.78, 5) is 11.7. The van der Waals surface area contributed by atoms with E-state index in [0.29, 0.717) is 24.4 Å². The van der Waals surface area contributed by atoms with Gasteiger partial charge in [-0.2, -0.15) is 0 Å². The molecule has 23 heavy (non-hydrogen) atoms. The fourth-order valence-corrected chi connectivity index (χ4v) is 4.29. The molecule has 118 valence electrons. The van der Waals surface area contributed by atoms with Crippen molar-refractivity contribution in [1.29, 1.82) is 0 Å². The highest BCUT2D eigenvalue weighted by Gasteiger charge is 2.43. The van der Waals surface area contributed by atoms with Crippen LogP contribution in [0.15, 0.2) is 48.5 Å². The number of hydrogen-bond acceptors (Lipinski definition) is 2. The highest BCUT2D eigenvalue weighted by atomic mass is 35.5. The van der Waals surface area contributed by atoms with Crippen LogP contribution in [-0.4, -0.2) is 18.0 Å². The minimum atomic E-state index is -0.588. The molecule has 0 saturated carbocycles. The van der Waals surface area contributed by atoms with E-state index in [0.717, 1.165) is 6.42 Å². The summed E-state index contributed by atoms with van der Waals surface area (Å²) in [7, 11) is 0. The lowest BCUT2D eigenvalue weighted by molar-refractivity contribution is -0.144. The van der Waals surface area contributed by atoms with Gasteiger partial charge in [0.05, 0.1) is 6.61 Å². The van der Waals surface area contributed by atoms with E-state index < -0.39 is 5.38 Å². The second-order valence-electron chi connectivity index (χ2n) is 6.53. The lowest BCUT2D eigenvalue weighted by atomic mass is 9.59. The van der Waals surface area contributed by atoms with Crippen LogP contribution in [-0.2, 0) is 9.53 Å². The smallest absolute Gasteiger partial charge is 0.323 e. The Kier molecular flexibility index (Phi) is 3.65. The molecule has 3 aliphatic carbocycles. The highest BCUT2D eigenvalue weighted by Crippen LogP contribution is 2.55. The van der Waals surface area contributed by atoms with E-state index in [1.54, 1.807) is 6.92 Å². The number of rotatable bonds is 3. The molecule has 5 rings (SSSR count). The maximum absolute atomic E-state index is 11.7. The summed E-state index contributed by atoms with van der Waals surface area (Å²) >= 11 is 5.81. The lowest BCUT2D eigenvalue weighted by Gasteiger charge is -2.45. The highest BCUT2D eigenvalue weighted by molar-refractivity contribution is 6.29. The largest absolute Gasteiger partial charge is 0.464 e. The molecule has 2 aromatic carbocycles. The van der Waals surface area contributed by atoms with Gasteiger partial charge in [0.25, 0.3) is 0 Å². The third kappa shape index (κ3) is 2.36. The topological polar surface area (TPSA) is 26.3 Å². The summed E-state index contributed by atoms with van der Waals surface area (Å²) in [5.41, 5.74) is 5.65. The molecule has 2 nitrogen and oxygen atoms in total. The van der Waals surface area contributed by atoms with E-state index in [2.05, 4.69) is 48.5 Å². The Morgan fingerprint density at radius 1 is 1.09 bits per heavy atom. The Morgan fingerprint density at radius 3 is 2.13 bits per heavy atom. The molecule has 0 amide bonds. The summed E-state index contributed by atoms with van der Waals surface area (Å²) in [5.74, 6) is 0.717. The number of halogens is 1. The van der Waals surface area contributed by atoms with E-state index >= 15 is 0 Å². The first kappa shape index (κ1) is 14.8. The van der Waals surface area contributed by atoms with Crippen molar-refractivity contribution in [2.75, 3.05) is 6.61 Å². The zero-order valence-corrected chi connectivity index (χ0v) is 13.8. The van der Waals surface area contributed by atoms with Gasteiger partial charge in [0.2, 0.25) is 0 Å². The van der Waals surface area contributed by atoms with Crippen molar-refractivity contribution < 1.29 is 9.53 Å². The molecule has 0 N–H and O–H groups in total. The number of benzene rings is 2. The van der Waals surface area contributed by atoms with E-state index in [4.69, 9.17) is 16.3 Å². The predicted octanol–water partition coefficient (Wildman–Crippen LogP) is 4.45. The van der Waals surface area contributed by atoms with Crippen LogP contribution in [0, 0.1) is 5.92 Å². The van der Waals surface area contributed by atoms with Crippen LogP contribution in [0.3, 0.4) is 0 Å². The third-order valence-electron chi connectivity index (χ3n) is 5.19. The summed E-state index contributed by atoms with van der Waals surface area (Å²) in [6, 6.07) is 17.4. The molecule has 0 saturated heterocycles. The van der Waals surface area contributed by atoms with E-state index in [1.165, 1.54) is 22.3 Å².